The molecule has 1 unspecified atom stereocenters. The Hall–Kier alpha value is -3.07. The number of carbonyl (C=O) groups is 1. The first kappa shape index (κ1) is 22.6. The summed E-state index contributed by atoms with van der Waals surface area (Å²) in [5.41, 5.74) is 6.87. The average molecular weight is 430 g/mol. The van der Waals surface area contributed by atoms with E-state index in [2.05, 4.69) is 15.6 Å². The van der Waals surface area contributed by atoms with Gasteiger partial charge in [0.2, 0.25) is 0 Å². The zero-order valence-electron chi connectivity index (χ0n) is 18.5. The fourth-order valence-corrected chi connectivity index (χ4v) is 3.37. The molecule has 1 aliphatic rings. The van der Waals surface area contributed by atoms with E-state index in [0.717, 1.165) is 13.0 Å². The lowest BCUT2D eigenvalue weighted by molar-refractivity contribution is 0.0524. The van der Waals surface area contributed by atoms with E-state index in [1.807, 2.05) is 6.92 Å². The summed E-state index contributed by atoms with van der Waals surface area (Å²) < 4.78 is 12.3. The van der Waals surface area contributed by atoms with Crippen LogP contribution in [0.2, 0.25) is 0 Å². The molecule has 0 bridgehead atoms. The van der Waals surface area contributed by atoms with E-state index in [1.165, 1.54) is 4.57 Å². The summed E-state index contributed by atoms with van der Waals surface area (Å²) in [6.45, 7) is 8.63. The Balaban J connectivity index is 1.95. The molecular formula is C22H31N5O4. The number of anilines is 1. The molecule has 31 heavy (non-hydrogen) atoms. The van der Waals surface area contributed by atoms with Crippen LogP contribution in [0.15, 0.2) is 29.1 Å². The summed E-state index contributed by atoms with van der Waals surface area (Å²) in [5, 5.41) is 5.85. The molecule has 2 heterocycles. The van der Waals surface area contributed by atoms with Crippen LogP contribution in [0.5, 0.6) is 5.75 Å². The number of hydrogen-bond donors (Lipinski definition) is 3. The maximum absolute atomic E-state index is 13.4. The molecule has 0 fully saturated rings. The van der Waals surface area contributed by atoms with Gasteiger partial charge in [0.15, 0.2) is 0 Å². The van der Waals surface area contributed by atoms with E-state index in [4.69, 9.17) is 15.2 Å². The molecule has 1 atom stereocenters. The van der Waals surface area contributed by atoms with Crippen LogP contribution < -0.4 is 26.7 Å². The Labute approximate surface area is 182 Å². The van der Waals surface area contributed by atoms with Crippen LogP contribution in [0.1, 0.15) is 51.5 Å². The largest absolute Gasteiger partial charge is 0.494 e. The van der Waals surface area contributed by atoms with Gasteiger partial charge in [0, 0.05) is 13.1 Å². The van der Waals surface area contributed by atoms with E-state index in [1.54, 1.807) is 45.0 Å². The summed E-state index contributed by atoms with van der Waals surface area (Å²) in [7, 11) is 0. The maximum Gasteiger partial charge on any atom is 0.407 e. The lowest BCUT2D eigenvalue weighted by atomic mass is 10.1. The molecule has 1 aliphatic heterocycles. The Morgan fingerprint density at radius 1 is 1.32 bits per heavy atom. The molecule has 3 rings (SSSR count). The van der Waals surface area contributed by atoms with E-state index in [9.17, 15) is 9.59 Å². The summed E-state index contributed by atoms with van der Waals surface area (Å²) >= 11 is 0. The van der Waals surface area contributed by atoms with Crippen LogP contribution in [0, 0.1) is 0 Å². The van der Waals surface area contributed by atoms with E-state index in [-0.39, 0.29) is 12.1 Å². The molecule has 168 valence electrons. The number of nitrogens with two attached hydrogens (primary N) is 1. The minimum absolute atomic E-state index is 0.0666. The summed E-state index contributed by atoms with van der Waals surface area (Å²) in [6, 6.07) is 6.48. The van der Waals surface area contributed by atoms with Crippen LogP contribution in [-0.2, 0) is 11.2 Å². The Morgan fingerprint density at radius 2 is 2.03 bits per heavy atom. The molecule has 1 aromatic carbocycles. The van der Waals surface area contributed by atoms with Crippen molar-refractivity contribution in [2.75, 3.05) is 25.0 Å². The minimum Gasteiger partial charge on any atom is -0.494 e. The third kappa shape index (κ3) is 5.55. The van der Waals surface area contributed by atoms with Crippen molar-refractivity contribution in [3.05, 3.63) is 46.0 Å². The van der Waals surface area contributed by atoms with E-state index in [0.29, 0.717) is 41.7 Å². The third-order valence-electron chi connectivity index (χ3n) is 4.70. The van der Waals surface area contributed by atoms with Crippen molar-refractivity contribution in [1.29, 1.82) is 0 Å². The van der Waals surface area contributed by atoms with Crippen molar-refractivity contribution in [3.63, 3.8) is 0 Å². The summed E-state index contributed by atoms with van der Waals surface area (Å²) in [6.07, 6.45) is 0.935. The molecule has 0 saturated heterocycles. The van der Waals surface area contributed by atoms with Gasteiger partial charge in [-0.3, -0.25) is 9.36 Å². The first-order valence-electron chi connectivity index (χ1n) is 10.5. The van der Waals surface area contributed by atoms with Crippen LogP contribution in [-0.4, -0.2) is 40.9 Å². The number of alkyl carbamates (subject to hydrolysis) is 1. The standard InChI is InChI=1S/C22H31N5O4/c1-5-30-15-10-8-14(9-11-15)27-19(17(23)13-25-21(29)31-22(2,3)4)26-18-16(20(27)28)7-6-12-24-18/h8-11,17,24H,5-7,12-13,23H2,1-4H3,(H,25,29). The number of nitrogens with one attached hydrogen (secondary N) is 2. The van der Waals surface area contributed by atoms with Crippen LogP contribution in [0.4, 0.5) is 10.6 Å². The van der Waals surface area contributed by atoms with Crippen molar-refractivity contribution in [2.24, 2.45) is 5.73 Å². The number of rotatable bonds is 6. The number of nitrogens with zero attached hydrogens (tertiary/aromatic N) is 2. The van der Waals surface area contributed by atoms with E-state index >= 15 is 0 Å². The summed E-state index contributed by atoms with van der Waals surface area (Å²) in [4.78, 5) is 30.1. The van der Waals surface area contributed by atoms with Gasteiger partial charge in [-0.05, 0) is 64.8 Å². The number of benzene rings is 1. The normalized spacial score (nSPS) is 14.2. The molecule has 0 spiro atoms. The lowest BCUT2D eigenvalue weighted by Crippen LogP contribution is -2.40. The Kier molecular flexibility index (Phi) is 6.84. The van der Waals surface area contributed by atoms with Gasteiger partial charge in [-0.1, -0.05) is 0 Å². The number of hydrogen-bond acceptors (Lipinski definition) is 7. The molecular weight excluding hydrogens is 398 g/mol. The van der Waals surface area contributed by atoms with Crippen LogP contribution in [0.25, 0.3) is 5.69 Å². The number of ether oxygens (including phenoxy) is 2. The third-order valence-corrected chi connectivity index (χ3v) is 4.70. The minimum atomic E-state index is -0.721. The predicted molar refractivity (Wildman–Crippen MR) is 119 cm³/mol. The molecule has 2 aromatic rings. The second-order valence-electron chi connectivity index (χ2n) is 8.38. The highest BCUT2D eigenvalue weighted by molar-refractivity contribution is 5.67. The van der Waals surface area contributed by atoms with Crippen molar-refractivity contribution in [1.82, 2.24) is 14.9 Å². The highest BCUT2D eigenvalue weighted by atomic mass is 16.6. The fraction of sp³-hybridized carbons (Fsp3) is 0.500. The van der Waals surface area contributed by atoms with Crippen molar-refractivity contribution in [3.8, 4) is 11.4 Å². The molecule has 9 nitrogen and oxygen atoms in total. The predicted octanol–water partition coefficient (Wildman–Crippen LogP) is 2.51. The molecule has 1 amide bonds. The molecule has 4 N–H and O–H groups in total. The summed E-state index contributed by atoms with van der Waals surface area (Å²) in [5.74, 6) is 1.63. The van der Waals surface area contributed by atoms with Gasteiger partial charge >= 0.3 is 6.09 Å². The molecule has 9 heteroatoms. The zero-order chi connectivity index (χ0) is 22.6. The number of carbonyl (C=O) groups excluding carboxylic acids is 1. The van der Waals surface area contributed by atoms with Crippen LogP contribution >= 0.6 is 0 Å². The highest BCUT2D eigenvalue weighted by Gasteiger charge is 2.24. The fourth-order valence-electron chi connectivity index (χ4n) is 3.37. The van der Waals surface area contributed by atoms with Crippen molar-refractivity contribution >= 4 is 11.9 Å². The lowest BCUT2D eigenvalue weighted by Gasteiger charge is -2.24. The maximum atomic E-state index is 13.4. The average Bonchev–Trinajstić information content (AvgIpc) is 2.72. The van der Waals surface area contributed by atoms with Crippen LogP contribution in [0.3, 0.4) is 0 Å². The van der Waals surface area contributed by atoms with Gasteiger partial charge in [0.25, 0.3) is 5.56 Å². The SMILES string of the molecule is CCOc1ccc(-n2c(C(N)CNC(=O)OC(C)(C)C)nc3c(c2=O)CCCN3)cc1. The molecule has 0 aliphatic carbocycles. The molecule has 1 aromatic heterocycles. The van der Waals surface area contributed by atoms with Gasteiger partial charge in [-0.25, -0.2) is 9.78 Å². The van der Waals surface area contributed by atoms with Gasteiger partial charge < -0.3 is 25.8 Å². The first-order valence-corrected chi connectivity index (χ1v) is 10.5. The Morgan fingerprint density at radius 3 is 2.68 bits per heavy atom. The monoisotopic (exact) mass is 429 g/mol. The zero-order valence-corrected chi connectivity index (χ0v) is 18.5. The Bertz CT molecular complexity index is 979. The number of amides is 1. The van der Waals surface area contributed by atoms with Gasteiger partial charge in [-0.2, -0.15) is 0 Å². The number of fused-ring (bicyclic) bond motifs is 1. The molecule has 0 saturated carbocycles. The second kappa shape index (κ2) is 9.38. The topological polar surface area (TPSA) is 120 Å². The highest BCUT2D eigenvalue weighted by Crippen LogP contribution is 2.22. The second-order valence-corrected chi connectivity index (χ2v) is 8.38. The van der Waals surface area contributed by atoms with E-state index < -0.39 is 17.7 Å². The quantitative estimate of drug-likeness (QED) is 0.645. The first-order chi connectivity index (χ1) is 14.7. The van der Waals surface area contributed by atoms with Gasteiger partial charge in [0.1, 0.15) is 23.0 Å². The molecule has 0 radical (unpaired) electrons. The van der Waals surface area contributed by atoms with Crippen molar-refractivity contribution in [2.45, 2.75) is 52.2 Å². The smallest absolute Gasteiger partial charge is 0.407 e. The van der Waals surface area contributed by atoms with Gasteiger partial charge in [0.05, 0.1) is 23.9 Å². The van der Waals surface area contributed by atoms with Gasteiger partial charge in [-0.15, -0.1) is 0 Å². The van der Waals surface area contributed by atoms with Crippen molar-refractivity contribution < 1.29 is 14.3 Å². The number of aromatic nitrogens is 2.